The van der Waals surface area contributed by atoms with Gasteiger partial charge in [-0.25, -0.2) is 0 Å². The molecule has 0 aliphatic carbocycles. The zero-order valence-electron chi connectivity index (χ0n) is 16.4. The van der Waals surface area contributed by atoms with E-state index in [9.17, 15) is 9.59 Å². The molecule has 1 fully saturated rings. The minimum Gasteiger partial charge on any atom is -0.494 e. The highest BCUT2D eigenvalue weighted by Gasteiger charge is 2.26. The third kappa shape index (κ3) is 5.22. The largest absolute Gasteiger partial charge is 0.494 e. The van der Waals surface area contributed by atoms with Crippen molar-refractivity contribution in [2.24, 2.45) is 0 Å². The molecule has 2 N–H and O–H groups in total. The normalized spacial score (nSPS) is 13.8. The second-order valence-electron chi connectivity index (χ2n) is 6.88. The van der Waals surface area contributed by atoms with E-state index in [1.807, 2.05) is 19.1 Å². The van der Waals surface area contributed by atoms with E-state index in [1.54, 1.807) is 6.08 Å². The molecule has 1 aliphatic rings. The Morgan fingerprint density at radius 2 is 1.66 bits per heavy atom. The van der Waals surface area contributed by atoms with Gasteiger partial charge in [0.05, 0.1) is 6.61 Å². The van der Waals surface area contributed by atoms with Gasteiger partial charge >= 0.3 is 0 Å². The van der Waals surface area contributed by atoms with E-state index in [0.717, 1.165) is 26.9 Å². The van der Waals surface area contributed by atoms with Gasteiger partial charge in [-0.2, -0.15) is 0 Å². The third-order valence-corrected chi connectivity index (χ3v) is 5.56. The van der Waals surface area contributed by atoms with Crippen molar-refractivity contribution in [2.45, 2.75) is 27.2 Å². The molecule has 2 amide bonds. The Labute approximate surface area is 189 Å². The Hall–Kier alpha value is -2.26. The monoisotopic (exact) mass is 520 g/mol. The highest BCUT2D eigenvalue weighted by atomic mass is 127. The number of aryl methyl sites for hydroxylation is 2. The summed E-state index contributed by atoms with van der Waals surface area (Å²) in [5.41, 5.74) is 5.47. The molecule has 0 unspecified atom stereocenters. The van der Waals surface area contributed by atoms with E-state index in [0.29, 0.717) is 6.61 Å². The summed E-state index contributed by atoms with van der Waals surface area (Å²) in [6.45, 7) is 6.63. The Balaban J connectivity index is 2.00. The number of halogens is 1. The maximum atomic E-state index is 12.1. The van der Waals surface area contributed by atoms with Crippen LogP contribution >= 0.6 is 34.8 Å². The van der Waals surface area contributed by atoms with Crippen LogP contribution in [0.15, 0.2) is 35.9 Å². The second kappa shape index (κ2) is 9.04. The van der Waals surface area contributed by atoms with Crippen LogP contribution in [0.25, 0.3) is 6.08 Å². The molecular formula is C22H21IN2O3S. The van der Waals surface area contributed by atoms with E-state index in [1.165, 1.54) is 16.7 Å². The lowest BCUT2D eigenvalue weighted by Gasteiger charge is -2.17. The lowest BCUT2D eigenvalue weighted by molar-refractivity contribution is -0.123. The Kier molecular flexibility index (Phi) is 6.69. The van der Waals surface area contributed by atoms with Crippen LogP contribution in [0.3, 0.4) is 0 Å². The first kappa shape index (κ1) is 21.4. The van der Waals surface area contributed by atoms with Gasteiger partial charge < -0.3 is 4.74 Å². The molecule has 29 heavy (non-hydrogen) atoms. The van der Waals surface area contributed by atoms with Crippen molar-refractivity contribution in [1.29, 1.82) is 0 Å². The van der Waals surface area contributed by atoms with E-state index < -0.39 is 11.8 Å². The second-order valence-corrected chi connectivity index (χ2v) is 8.45. The fourth-order valence-corrected chi connectivity index (χ4v) is 4.32. The van der Waals surface area contributed by atoms with Crippen LogP contribution in [0, 0.1) is 17.4 Å². The average Bonchev–Trinajstić information content (AvgIpc) is 2.60. The number of ether oxygens (including phenoxy) is 1. The van der Waals surface area contributed by atoms with Gasteiger partial charge in [0, 0.05) is 15.6 Å². The number of rotatable bonds is 5. The van der Waals surface area contributed by atoms with Gasteiger partial charge in [0.1, 0.15) is 11.3 Å². The molecule has 0 bridgehead atoms. The molecule has 0 saturated carbocycles. The summed E-state index contributed by atoms with van der Waals surface area (Å²) in [4.78, 5) is 24.3. The van der Waals surface area contributed by atoms with Crippen molar-refractivity contribution in [3.63, 3.8) is 0 Å². The van der Waals surface area contributed by atoms with Gasteiger partial charge in [-0.3, -0.25) is 20.2 Å². The van der Waals surface area contributed by atoms with Crippen molar-refractivity contribution in [1.82, 2.24) is 10.6 Å². The number of hydrogen-bond donors (Lipinski definition) is 2. The quantitative estimate of drug-likeness (QED) is 0.273. The molecule has 2 aromatic carbocycles. The first-order valence-corrected chi connectivity index (χ1v) is 10.7. The summed E-state index contributed by atoms with van der Waals surface area (Å²) < 4.78 is 6.90. The molecule has 0 aromatic heterocycles. The predicted molar refractivity (Wildman–Crippen MR) is 126 cm³/mol. The summed E-state index contributed by atoms with van der Waals surface area (Å²) in [6.07, 6.45) is 2.29. The lowest BCUT2D eigenvalue weighted by Crippen LogP contribution is -2.51. The molecule has 2 aromatic rings. The molecule has 0 atom stereocenters. The van der Waals surface area contributed by atoms with Gasteiger partial charge in [0.25, 0.3) is 11.8 Å². The number of carbonyl (C=O) groups excluding carboxylic acids is 2. The van der Waals surface area contributed by atoms with Crippen LogP contribution in [0.4, 0.5) is 0 Å². The van der Waals surface area contributed by atoms with Gasteiger partial charge in [0.2, 0.25) is 0 Å². The summed E-state index contributed by atoms with van der Waals surface area (Å²) in [5, 5.41) is 4.92. The van der Waals surface area contributed by atoms with Crippen molar-refractivity contribution in [3.05, 3.63) is 67.3 Å². The maximum absolute atomic E-state index is 12.1. The molecule has 1 heterocycles. The minimum atomic E-state index is -0.508. The number of nitrogens with one attached hydrogen (secondary N) is 2. The number of thiocarbonyl (C=S) groups is 1. The molecule has 1 aliphatic heterocycles. The van der Waals surface area contributed by atoms with Crippen LogP contribution in [0.2, 0.25) is 0 Å². The zero-order chi connectivity index (χ0) is 21.1. The van der Waals surface area contributed by atoms with Gasteiger partial charge in [0.15, 0.2) is 5.11 Å². The number of amides is 2. The van der Waals surface area contributed by atoms with Crippen LogP contribution in [-0.2, 0) is 16.0 Å². The van der Waals surface area contributed by atoms with Crippen molar-refractivity contribution in [3.8, 4) is 5.75 Å². The minimum absolute atomic E-state index is 0.0129. The fraction of sp³-hybridized carbons (Fsp3) is 0.227. The fourth-order valence-electron chi connectivity index (χ4n) is 3.32. The highest BCUT2D eigenvalue weighted by molar-refractivity contribution is 14.1. The average molecular weight is 520 g/mol. The first-order valence-electron chi connectivity index (χ1n) is 9.17. The summed E-state index contributed by atoms with van der Waals surface area (Å²) in [5.74, 6) is -0.269. The van der Waals surface area contributed by atoms with Gasteiger partial charge in [-0.05, 0) is 84.9 Å². The van der Waals surface area contributed by atoms with E-state index in [2.05, 4.69) is 65.3 Å². The Morgan fingerprint density at radius 3 is 2.24 bits per heavy atom. The van der Waals surface area contributed by atoms with Crippen molar-refractivity contribution < 1.29 is 14.3 Å². The molecule has 3 rings (SSSR count). The van der Waals surface area contributed by atoms with Crippen LogP contribution in [0.1, 0.15) is 34.7 Å². The molecular weight excluding hydrogens is 499 g/mol. The van der Waals surface area contributed by atoms with Crippen LogP contribution < -0.4 is 15.4 Å². The molecule has 1 saturated heterocycles. The highest BCUT2D eigenvalue weighted by Crippen LogP contribution is 2.30. The predicted octanol–water partition coefficient (Wildman–Crippen LogP) is 3.81. The van der Waals surface area contributed by atoms with Gasteiger partial charge in [-0.1, -0.05) is 29.3 Å². The SMILES string of the molecule is CCOc1cc(C=C2C(=O)NC(=S)NC2=O)cc(I)c1Cc1cc(C)cc(C)c1. The summed E-state index contributed by atoms with van der Waals surface area (Å²) in [6, 6.07) is 10.3. The third-order valence-electron chi connectivity index (χ3n) is 4.39. The standard InChI is InChI=1S/C22H21IN2O3S/c1-4-28-19-11-15(9-17-20(26)24-22(29)25-21(17)27)10-18(23)16(19)8-14-6-12(2)5-13(3)7-14/h5-7,9-11H,4,8H2,1-3H3,(H2,24,25,26,27,29). The van der Waals surface area contributed by atoms with E-state index in [-0.39, 0.29) is 10.7 Å². The summed E-state index contributed by atoms with van der Waals surface area (Å²) >= 11 is 7.11. The van der Waals surface area contributed by atoms with Crippen molar-refractivity contribution in [2.75, 3.05) is 6.61 Å². The Morgan fingerprint density at radius 1 is 1.03 bits per heavy atom. The van der Waals surface area contributed by atoms with Crippen LogP contribution in [-0.4, -0.2) is 23.5 Å². The van der Waals surface area contributed by atoms with E-state index >= 15 is 0 Å². The van der Waals surface area contributed by atoms with E-state index in [4.69, 9.17) is 17.0 Å². The number of hydrogen-bond acceptors (Lipinski definition) is 4. The molecule has 5 nitrogen and oxygen atoms in total. The zero-order valence-corrected chi connectivity index (χ0v) is 19.4. The van der Waals surface area contributed by atoms with Crippen molar-refractivity contribution >= 4 is 57.8 Å². The van der Waals surface area contributed by atoms with Gasteiger partial charge in [-0.15, -0.1) is 0 Å². The number of benzene rings is 2. The molecule has 0 radical (unpaired) electrons. The lowest BCUT2D eigenvalue weighted by atomic mass is 9.98. The summed E-state index contributed by atoms with van der Waals surface area (Å²) in [7, 11) is 0. The first-order chi connectivity index (χ1) is 13.8. The smallest absolute Gasteiger partial charge is 0.263 e. The molecule has 0 spiro atoms. The maximum Gasteiger partial charge on any atom is 0.263 e. The van der Waals surface area contributed by atoms with Crippen LogP contribution in [0.5, 0.6) is 5.75 Å². The topological polar surface area (TPSA) is 67.4 Å². The molecule has 150 valence electrons. The number of carbonyl (C=O) groups is 2. The Bertz CT molecular complexity index is 1000. The molecule has 7 heteroatoms.